The lowest BCUT2D eigenvalue weighted by Gasteiger charge is -2.26. The first-order valence-corrected chi connectivity index (χ1v) is 7.74. The maximum Gasteiger partial charge on any atom is 0.0628 e. The molecule has 0 bridgehead atoms. The molecule has 3 nitrogen and oxygen atoms in total. The van der Waals surface area contributed by atoms with Crippen molar-refractivity contribution in [2.75, 3.05) is 39.9 Å². The summed E-state index contributed by atoms with van der Waals surface area (Å²) in [4.78, 5) is 2.63. The summed E-state index contributed by atoms with van der Waals surface area (Å²) in [5, 5.41) is 3.60. The smallest absolute Gasteiger partial charge is 0.0628 e. The van der Waals surface area contributed by atoms with Crippen LogP contribution in [0.25, 0.3) is 0 Å². The van der Waals surface area contributed by atoms with Crippen LogP contribution >= 0.6 is 0 Å². The van der Waals surface area contributed by atoms with Crippen molar-refractivity contribution in [2.24, 2.45) is 5.92 Å². The minimum Gasteiger partial charge on any atom is -0.383 e. The molecule has 108 valence electrons. The highest BCUT2D eigenvalue weighted by Gasteiger charge is 2.18. The van der Waals surface area contributed by atoms with Crippen LogP contribution in [0.2, 0.25) is 0 Å². The molecule has 18 heavy (non-hydrogen) atoms. The van der Waals surface area contributed by atoms with Gasteiger partial charge in [0.2, 0.25) is 0 Å². The largest absolute Gasteiger partial charge is 0.383 e. The third kappa shape index (κ3) is 6.17. The number of likely N-dealkylation sites (tertiary alicyclic amines) is 1. The fraction of sp³-hybridized carbons (Fsp3) is 1.00. The van der Waals surface area contributed by atoms with E-state index in [1.165, 1.54) is 45.2 Å². The average Bonchev–Trinajstić information content (AvgIpc) is 2.61. The number of nitrogens with zero attached hydrogens (tertiary/aromatic N) is 1. The molecule has 0 aliphatic carbocycles. The summed E-state index contributed by atoms with van der Waals surface area (Å²) >= 11 is 0. The van der Waals surface area contributed by atoms with Crippen LogP contribution in [0, 0.1) is 5.92 Å². The van der Waals surface area contributed by atoms with Crippen molar-refractivity contribution in [3.05, 3.63) is 0 Å². The molecule has 0 aromatic carbocycles. The summed E-state index contributed by atoms with van der Waals surface area (Å²) in [6.45, 7) is 10.2. The quantitative estimate of drug-likeness (QED) is 0.722. The lowest BCUT2D eigenvalue weighted by atomic mass is 9.98. The normalized spacial score (nSPS) is 23.8. The van der Waals surface area contributed by atoms with Gasteiger partial charge in [-0.2, -0.15) is 0 Å². The Bertz CT molecular complexity index is 199. The van der Waals surface area contributed by atoms with Gasteiger partial charge in [-0.05, 0) is 51.2 Å². The lowest BCUT2D eigenvalue weighted by Crippen LogP contribution is -2.44. The molecule has 0 spiro atoms. The van der Waals surface area contributed by atoms with E-state index in [0.29, 0.717) is 6.04 Å². The van der Waals surface area contributed by atoms with Gasteiger partial charge in [-0.25, -0.2) is 0 Å². The Morgan fingerprint density at radius 2 is 2.11 bits per heavy atom. The SMILES string of the molecule is CCCNC(COC)CN1CCCC(CC)CC1. The molecule has 0 amide bonds. The zero-order chi connectivity index (χ0) is 13.2. The molecule has 0 aromatic rings. The van der Waals surface area contributed by atoms with Gasteiger partial charge in [-0.15, -0.1) is 0 Å². The fourth-order valence-corrected chi connectivity index (χ4v) is 2.85. The van der Waals surface area contributed by atoms with E-state index in [4.69, 9.17) is 4.74 Å². The third-order valence-electron chi connectivity index (χ3n) is 4.05. The van der Waals surface area contributed by atoms with Crippen LogP contribution in [0.4, 0.5) is 0 Å². The summed E-state index contributed by atoms with van der Waals surface area (Å²) in [6, 6.07) is 0.494. The first-order valence-electron chi connectivity index (χ1n) is 7.74. The van der Waals surface area contributed by atoms with Crippen molar-refractivity contribution in [1.82, 2.24) is 10.2 Å². The molecule has 1 aliphatic rings. The van der Waals surface area contributed by atoms with E-state index < -0.39 is 0 Å². The van der Waals surface area contributed by atoms with E-state index in [1.54, 1.807) is 7.11 Å². The lowest BCUT2D eigenvalue weighted by molar-refractivity contribution is 0.138. The van der Waals surface area contributed by atoms with Gasteiger partial charge < -0.3 is 15.0 Å². The molecule has 0 saturated carbocycles. The second-order valence-electron chi connectivity index (χ2n) is 5.61. The van der Waals surface area contributed by atoms with E-state index in [-0.39, 0.29) is 0 Å². The fourth-order valence-electron chi connectivity index (χ4n) is 2.85. The number of ether oxygens (including phenoxy) is 1. The number of methoxy groups -OCH3 is 1. The summed E-state index contributed by atoms with van der Waals surface area (Å²) in [6.07, 6.45) is 6.71. The highest BCUT2D eigenvalue weighted by Crippen LogP contribution is 2.20. The van der Waals surface area contributed by atoms with Crippen LogP contribution in [0.3, 0.4) is 0 Å². The monoisotopic (exact) mass is 256 g/mol. The standard InChI is InChI=1S/C15H32N2O/c1-4-9-16-15(13-18-3)12-17-10-6-7-14(5-2)8-11-17/h14-16H,4-13H2,1-3H3. The first kappa shape index (κ1) is 15.9. The Morgan fingerprint density at radius 3 is 2.78 bits per heavy atom. The van der Waals surface area contributed by atoms with Gasteiger partial charge in [0.1, 0.15) is 0 Å². The van der Waals surface area contributed by atoms with Gasteiger partial charge in [0.05, 0.1) is 6.61 Å². The van der Waals surface area contributed by atoms with Crippen molar-refractivity contribution in [2.45, 2.75) is 52.0 Å². The van der Waals surface area contributed by atoms with Crippen LogP contribution in [0.1, 0.15) is 46.0 Å². The zero-order valence-corrected chi connectivity index (χ0v) is 12.6. The Kier molecular flexibility index (Phi) is 8.64. The summed E-state index contributed by atoms with van der Waals surface area (Å²) in [7, 11) is 1.80. The number of nitrogens with one attached hydrogen (secondary N) is 1. The molecule has 2 atom stereocenters. The van der Waals surface area contributed by atoms with Crippen molar-refractivity contribution >= 4 is 0 Å². The van der Waals surface area contributed by atoms with E-state index in [9.17, 15) is 0 Å². The van der Waals surface area contributed by atoms with Crippen molar-refractivity contribution in [3.8, 4) is 0 Å². The molecule has 1 saturated heterocycles. The van der Waals surface area contributed by atoms with E-state index in [1.807, 2.05) is 0 Å². The van der Waals surface area contributed by atoms with Crippen LogP contribution in [-0.2, 0) is 4.74 Å². The highest BCUT2D eigenvalue weighted by atomic mass is 16.5. The van der Waals surface area contributed by atoms with Crippen LogP contribution in [0.15, 0.2) is 0 Å². The second-order valence-corrected chi connectivity index (χ2v) is 5.61. The second kappa shape index (κ2) is 9.76. The van der Waals surface area contributed by atoms with Gasteiger partial charge >= 0.3 is 0 Å². The van der Waals surface area contributed by atoms with Crippen LogP contribution < -0.4 is 5.32 Å². The van der Waals surface area contributed by atoms with Crippen molar-refractivity contribution in [1.29, 1.82) is 0 Å². The Balaban J connectivity index is 2.32. The molecular weight excluding hydrogens is 224 g/mol. The maximum absolute atomic E-state index is 5.33. The molecule has 0 aromatic heterocycles. The van der Waals surface area contributed by atoms with E-state index in [2.05, 4.69) is 24.1 Å². The minimum atomic E-state index is 0.494. The maximum atomic E-state index is 5.33. The third-order valence-corrected chi connectivity index (χ3v) is 4.05. The predicted molar refractivity (Wildman–Crippen MR) is 78.0 cm³/mol. The Morgan fingerprint density at radius 1 is 1.28 bits per heavy atom. The van der Waals surface area contributed by atoms with Gasteiger partial charge in [-0.1, -0.05) is 20.3 Å². The van der Waals surface area contributed by atoms with Crippen LogP contribution in [-0.4, -0.2) is 50.8 Å². The molecule has 1 heterocycles. The summed E-state index contributed by atoms with van der Waals surface area (Å²) in [5.41, 5.74) is 0. The summed E-state index contributed by atoms with van der Waals surface area (Å²) < 4.78 is 5.33. The van der Waals surface area contributed by atoms with Gasteiger partial charge in [0.15, 0.2) is 0 Å². The average molecular weight is 256 g/mol. The Hall–Kier alpha value is -0.120. The van der Waals surface area contributed by atoms with Gasteiger partial charge in [-0.3, -0.25) is 0 Å². The number of rotatable bonds is 8. The van der Waals surface area contributed by atoms with E-state index in [0.717, 1.165) is 25.6 Å². The van der Waals surface area contributed by atoms with Crippen LogP contribution in [0.5, 0.6) is 0 Å². The van der Waals surface area contributed by atoms with Crippen molar-refractivity contribution in [3.63, 3.8) is 0 Å². The van der Waals surface area contributed by atoms with Crippen molar-refractivity contribution < 1.29 is 4.74 Å². The zero-order valence-electron chi connectivity index (χ0n) is 12.6. The van der Waals surface area contributed by atoms with E-state index >= 15 is 0 Å². The first-order chi connectivity index (χ1) is 8.80. The molecule has 1 N–H and O–H groups in total. The Labute approximate surface area is 113 Å². The molecular formula is C15H32N2O. The topological polar surface area (TPSA) is 24.5 Å². The highest BCUT2D eigenvalue weighted by molar-refractivity contribution is 4.75. The predicted octanol–water partition coefficient (Wildman–Crippen LogP) is 2.51. The number of hydrogen-bond donors (Lipinski definition) is 1. The molecule has 3 heteroatoms. The summed E-state index contributed by atoms with van der Waals surface area (Å²) in [5.74, 6) is 0.958. The molecule has 1 fully saturated rings. The minimum absolute atomic E-state index is 0.494. The molecule has 1 rings (SSSR count). The van der Waals surface area contributed by atoms with Gasteiger partial charge in [0.25, 0.3) is 0 Å². The molecule has 2 unspecified atom stereocenters. The molecule has 0 radical (unpaired) electrons. The molecule has 1 aliphatic heterocycles. The van der Waals surface area contributed by atoms with Gasteiger partial charge in [0, 0.05) is 19.7 Å². The number of hydrogen-bond acceptors (Lipinski definition) is 3.